The maximum atomic E-state index is 12.1. The first kappa shape index (κ1) is 30.5. The predicted octanol–water partition coefficient (Wildman–Crippen LogP) is 7.77. The maximum Gasteiger partial charge on any atom is 0.307 e. The number of hydrogen-bond acceptors (Lipinski definition) is 4. The zero-order valence-electron chi connectivity index (χ0n) is 21.5. The van der Waals surface area contributed by atoms with Gasteiger partial charge in [-0.05, 0) is 31.6 Å². The Bertz CT molecular complexity index is 515. The summed E-state index contributed by atoms with van der Waals surface area (Å²) < 4.78 is 10.9. The summed E-state index contributed by atoms with van der Waals surface area (Å²) in [6.45, 7) is 9.04. The average Bonchev–Trinajstić information content (AvgIpc) is 2.75. The number of rotatable bonds is 20. The zero-order valence-corrected chi connectivity index (χ0v) is 21.5. The van der Waals surface area contributed by atoms with Gasteiger partial charge in [-0.25, -0.2) is 0 Å². The summed E-state index contributed by atoms with van der Waals surface area (Å²) in [5, 5.41) is 0. The summed E-state index contributed by atoms with van der Waals surface area (Å²) in [6, 6.07) is 0. The molecule has 0 amide bonds. The molecule has 1 unspecified atom stereocenters. The molecule has 0 bridgehead atoms. The van der Waals surface area contributed by atoms with Gasteiger partial charge in [-0.3, -0.25) is 9.59 Å². The Kier molecular flexibility index (Phi) is 21.6. The van der Waals surface area contributed by atoms with Gasteiger partial charge in [0.25, 0.3) is 0 Å². The molecule has 0 aliphatic rings. The minimum Gasteiger partial charge on any atom is -0.466 e. The third-order valence-corrected chi connectivity index (χ3v) is 5.42. The van der Waals surface area contributed by atoms with E-state index in [1.165, 1.54) is 32.1 Å². The van der Waals surface area contributed by atoms with Crippen molar-refractivity contribution in [2.24, 2.45) is 5.92 Å². The number of carbonyl (C=O) groups excluding carboxylic acids is 2. The van der Waals surface area contributed by atoms with Crippen LogP contribution >= 0.6 is 0 Å². The Morgan fingerprint density at radius 3 is 1.81 bits per heavy atom. The number of unbranched alkanes of at least 4 members (excludes halogenated alkanes) is 11. The monoisotopic (exact) mass is 450 g/mol. The third-order valence-electron chi connectivity index (χ3n) is 5.42. The highest BCUT2D eigenvalue weighted by Gasteiger charge is 2.13. The van der Waals surface area contributed by atoms with Crippen LogP contribution in [0, 0.1) is 17.8 Å². The summed E-state index contributed by atoms with van der Waals surface area (Å²) in [7, 11) is 0. The van der Waals surface area contributed by atoms with Crippen LogP contribution in [0.4, 0.5) is 0 Å². The Labute approximate surface area is 198 Å². The van der Waals surface area contributed by atoms with E-state index in [0.717, 1.165) is 64.2 Å². The fraction of sp³-hybridized carbons (Fsp3) is 0.857. The normalized spacial score (nSPS) is 11.7. The summed E-state index contributed by atoms with van der Waals surface area (Å²) in [5.74, 6) is 6.36. The van der Waals surface area contributed by atoms with Crippen molar-refractivity contribution >= 4 is 11.9 Å². The molecule has 0 aromatic carbocycles. The van der Waals surface area contributed by atoms with Gasteiger partial charge in [0.1, 0.15) is 0 Å². The van der Waals surface area contributed by atoms with Crippen LogP contribution in [0.1, 0.15) is 137 Å². The molecular weight excluding hydrogens is 400 g/mol. The van der Waals surface area contributed by atoms with E-state index in [1.807, 2.05) is 6.92 Å². The van der Waals surface area contributed by atoms with Gasteiger partial charge < -0.3 is 9.47 Å². The standard InChI is InChI=1S/C28H50O4/c1-5-7-9-10-13-16-19-23-31-27(29)21-17-14-11-12-15-18-22-28(30)32-26(20-8-6-2)24-25(3)4/h25-26H,5-7,9-19,21-24H2,1-4H3. The molecule has 186 valence electrons. The summed E-state index contributed by atoms with van der Waals surface area (Å²) in [5.41, 5.74) is 0. The summed E-state index contributed by atoms with van der Waals surface area (Å²) in [4.78, 5) is 23.8. The van der Waals surface area contributed by atoms with E-state index in [0.29, 0.717) is 25.4 Å². The van der Waals surface area contributed by atoms with Gasteiger partial charge in [0.15, 0.2) is 6.10 Å². The molecule has 0 spiro atoms. The first-order valence-electron chi connectivity index (χ1n) is 13.3. The highest BCUT2D eigenvalue weighted by atomic mass is 16.5. The highest BCUT2D eigenvalue weighted by molar-refractivity contribution is 5.70. The van der Waals surface area contributed by atoms with Crippen molar-refractivity contribution in [3.05, 3.63) is 0 Å². The van der Waals surface area contributed by atoms with Crippen LogP contribution in [0.3, 0.4) is 0 Å². The molecule has 4 nitrogen and oxygen atoms in total. The second kappa shape index (κ2) is 22.7. The zero-order chi connectivity index (χ0) is 23.9. The Balaban J connectivity index is 3.57. The van der Waals surface area contributed by atoms with Crippen LogP contribution in [-0.2, 0) is 19.1 Å². The van der Waals surface area contributed by atoms with Crippen LogP contribution < -0.4 is 0 Å². The lowest BCUT2D eigenvalue weighted by Gasteiger charge is -2.14. The Hall–Kier alpha value is -1.50. The van der Waals surface area contributed by atoms with E-state index >= 15 is 0 Å². The van der Waals surface area contributed by atoms with Gasteiger partial charge in [0.05, 0.1) is 6.61 Å². The number of hydrogen-bond donors (Lipinski definition) is 0. The van der Waals surface area contributed by atoms with Crippen molar-refractivity contribution in [2.45, 2.75) is 143 Å². The lowest BCUT2D eigenvalue weighted by Crippen LogP contribution is -2.18. The number of ether oxygens (including phenoxy) is 2. The molecule has 0 saturated heterocycles. The van der Waals surface area contributed by atoms with Crippen molar-refractivity contribution < 1.29 is 19.1 Å². The van der Waals surface area contributed by atoms with Crippen LogP contribution in [0.25, 0.3) is 0 Å². The second-order valence-corrected chi connectivity index (χ2v) is 9.25. The maximum absolute atomic E-state index is 12.1. The fourth-order valence-electron chi connectivity index (χ4n) is 3.56. The topological polar surface area (TPSA) is 52.6 Å². The van der Waals surface area contributed by atoms with Gasteiger partial charge in [0, 0.05) is 19.3 Å². The molecule has 0 aliphatic heterocycles. The summed E-state index contributed by atoms with van der Waals surface area (Å²) in [6.07, 6.45) is 16.9. The van der Waals surface area contributed by atoms with Crippen LogP contribution in [0.5, 0.6) is 0 Å². The minimum atomic E-state index is -0.270. The van der Waals surface area contributed by atoms with E-state index in [-0.39, 0.29) is 18.0 Å². The number of esters is 2. The lowest BCUT2D eigenvalue weighted by atomic mass is 10.1. The second-order valence-electron chi connectivity index (χ2n) is 9.25. The number of carbonyl (C=O) groups is 2. The average molecular weight is 451 g/mol. The fourth-order valence-corrected chi connectivity index (χ4v) is 3.56. The van der Waals surface area contributed by atoms with Crippen molar-refractivity contribution in [1.82, 2.24) is 0 Å². The molecule has 0 N–H and O–H groups in total. The highest BCUT2D eigenvalue weighted by Crippen LogP contribution is 2.13. The Morgan fingerprint density at radius 1 is 0.719 bits per heavy atom. The molecular formula is C28H50O4. The summed E-state index contributed by atoms with van der Waals surface area (Å²) >= 11 is 0. The van der Waals surface area contributed by atoms with Crippen molar-refractivity contribution in [3.63, 3.8) is 0 Å². The predicted molar refractivity (Wildman–Crippen MR) is 133 cm³/mol. The van der Waals surface area contributed by atoms with E-state index in [4.69, 9.17) is 9.47 Å². The Morgan fingerprint density at radius 2 is 1.25 bits per heavy atom. The molecule has 0 aromatic rings. The van der Waals surface area contributed by atoms with Crippen molar-refractivity contribution in [3.8, 4) is 11.8 Å². The first-order valence-corrected chi connectivity index (χ1v) is 13.3. The largest absolute Gasteiger partial charge is 0.466 e. The molecule has 0 aromatic heterocycles. The van der Waals surface area contributed by atoms with Gasteiger partial charge in [0.2, 0.25) is 0 Å². The quantitative estimate of drug-likeness (QED) is 0.108. The van der Waals surface area contributed by atoms with Gasteiger partial charge >= 0.3 is 11.9 Å². The molecule has 0 radical (unpaired) electrons. The van der Waals surface area contributed by atoms with E-state index < -0.39 is 0 Å². The van der Waals surface area contributed by atoms with Crippen LogP contribution in [0.2, 0.25) is 0 Å². The lowest BCUT2D eigenvalue weighted by molar-refractivity contribution is -0.147. The van der Waals surface area contributed by atoms with E-state index in [1.54, 1.807) is 0 Å². The third kappa shape index (κ3) is 21.7. The van der Waals surface area contributed by atoms with Crippen LogP contribution in [-0.4, -0.2) is 24.6 Å². The van der Waals surface area contributed by atoms with E-state index in [2.05, 4.69) is 32.6 Å². The van der Waals surface area contributed by atoms with Crippen molar-refractivity contribution in [1.29, 1.82) is 0 Å². The SMILES string of the molecule is CCC#CC(CC(C)C)OC(=O)CCCCCCCCC(=O)OCCCCCCCCC. The molecule has 0 rings (SSSR count). The minimum absolute atomic E-state index is 0.0548. The molecule has 0 aliphatic carbocycles. The molecule has 32 heavy (non-hydrogen) atoms. The van der Waals surface area contributed by atoms with Crippen molar-refractivity contribution in [2.75, 3.05) is 6.61 Å². The molecule has 0 heterocycles. The van der Waals surface area contributed by atoms with Crippen LogP contribution in [0.15, 0.2) is 0 Å². The molecule has 0 saturated carbocycles. The molecule has 1 atom stereocenters. The first-order chi connectivity index (χ1) is 15.5. The van der Waals surface area contributed by atoms with E-state index in [9.17, 15) is 9.59 Å². The molecule has 0 fully saturated rings. The van der Waals surface area contributed by atoms with Gasteiger partial charge in [-0.15, -0.1) is 0 Å². The van der Waals surface area contributed by atoms with Gasteiger partial charge in [-0.1, -0.05) is 104 Å². The van der Waals surface area contributed by atoms with Gasteiger partial charge in [-0.2, -0.15) is 0 Å². The smallest absolute Gasteiger partial charge is 0.307 e. The molecule has 4 heteroatoms.